The minimum absolute atomic E-state index is 0.0336. The first kappa shape index (κ1) is 30.6. The van der Waals surface area contributed by atoms with Crippen LogP contribution in [0, 0.1) is 5.41 Å². The molecule has 0 aliphatic carbocycles. The second-order valence-corrected chi connectivity index (χ2v) is 8.61. The lowest BCUT2D eigenvalue weighted by Crippen LogP contribution is -2.59. The van der Waals surface area contributed by atoms with Crippen molar-refractivity contribution in [2.24, 2.45) is 5.41 Å². The number of carboxylic acids is 2. The number of carbonyl (C=O) groups excluding carboxylic acids is 2. The number of aromatic nitrogens is 2. The summed E-state index contributed by atoms with van der Waals surface area (Å²) in [7, 11) is 0. The van der Waals surface area contributed by atoms with Crippen LogP contribution in [-0.2, 0) is 23.9 Å². The first-order valence-corrected chi connectivity index (χ1v) is 11.6. The van der Waals surface area contributed by atoms with E-state index in [1.807, 2.05) is 4.98 Å². The highest BCUT2D eigenvalue weighted by Gasteiger charge is 2.49. The Labute approximate surface area is 214 Å². The molecule has 1 aliphatic rings. The van der Waals surface area contributed by atoms with Crippen LogP contribution in [-0.4, -0.2) is 95.8 Å². The lowest BCUT2D eigenvalue weighted by Gasteiger charge is -2.33. The van der Waals surface area contributed by atoms with Crippen LogP contribution in [0.3, 0.4) is 0 Å². The van der Waals surface area contributed by atoms with Gasteiger partial charge in [0.25, 0.3) is 11.5 Å². The minimum atomic E-state index is -2.04. The lowest BCUT2D eigenvalue weighted by atomic mass is 9.75. The van der Waals surface area contributed by atoms with Gasteiger partial charge >= 0.3 is 17.6 Å². The maximum Gasteiger partial charge on any atom is 0.330 e. The van der Waals surface area contributed by atoms with E-state index in [1.165, 1.54) is 13.8 Å². The van der Waals surface area contributed by atoms with Crippen LogP contribution >= 0.6 is 0 Å². The van der Waals surface area contributed by atoms with Gasteiger partial charge in [0.15, 0.2) is 12.3 Å². The number of hydrogen-bond donors (Lipinski definition) is 9. The average Bonchev–Trinajstić information content (AvgIpc) is 3.14. The number of hydrogen-bond acceptors (Lipinski definition) is 11. The van der Waals surface area contributed by atoms with Crippen molar-refractivity contribution in [3.63, 3.8) is 0 Å². The fraction of sp³-hybridized carbons (Fsp3) is 0.619. The normalized spacial score (nSPS) is 22.9. The number of carboxylic acid groups (broad SMARTS) is 2. The molecule has 2 heterocycles. The number of aromatic amines is 1. The number of amides is 2. The maximum absolute atomic E-state index is 12.3. The number of rotatable bonds is 13. The Bertz CT molecular complexity index is 1150. The topological polar surface area (TPSA) is 270 Å². The van der Waals surface area contributed by atoms with E-state index >= 15 is 0 Å². The Balaban J connectivity index is 1.92. The van der Waals surface area contributed by atoms with Crippen LogP contribution in [0.2, 0.25) is 0 Å². The molecule has 1 unspecified atom stereocenters. The first-order valence-electron chi connectivity index (χ1n) is 11.6. The number of ether oxygens (including phenoxy) is 1. The molecule has 1 aromatic rings. The third kappa shape index (κ3) is 6.43. The Morgan fingerprint density at radius 3 is 2.29 bits per heavy atom. The zero-order chi connectivity index (χ0) is 28.8. The van der Waals surface area contributed by atoms with Crippen molar-refractivity contribution in [2.45, 2.75) is 69.8 Å². The fourth-order valence-electron chi connectivity index (χ4n) is 4.09. The molecular formula is C21H31N5O12. The molecule has 1 saturated heterocycles. The standard InChI is InChI=1S/C21H31N5O12/c1-3-21(4-2,19(35)36)15(18(33)34)25-24-10(28)5-7-22-16(32)13(31)14-11(29)12(30)17(38-14)26-8-6-9(27)23-20(26)37/h6,8,11-15,17,25,29-31H,3-5,7H2,1-2H3,(H,22,32)(H,24,28)(H,33,34)(H,35,36)(H,23,27,37)/t11-,12+,13?,14-,15+,17+/m0/s1. The summed E-state index contributed by atoms with van der Waals surface area (Å²) in [5, 5.41) is 51.9. The average molecular weight is 546 g/mol. The number of aliphatic hydroxyl groups is 3. The molecular weight excluding hydrogens is 514 g/mol. The molecule has 0 saturated carbocycles. The van der Waals surface area contributed by atoms with Gasteiger partial charge in [-0.05, 0) is 12.8 Å². The molecule has 6 atom stereocenters. The number of hydrazine groups is 1. The largest absolute Gasteiger partial charge is 0.481 e. The van der Waals surface area contributed by atoms with Crippen molar-refractivity contribution in [1.82, 2.24) is 25.7 Å². The predicted molar refractivity (Wildman–Crippen MR) is 124 cm³/mol. The van der Waals surface area contributed by atoms with E-state index in [9.17, 15) is 54.3 Å². The summed E-state index contributed by atoms with van der Waals surface area (Å²) in [5.74, 6) is -4.75. The quantitative estimate of drug-likeness (QED) is 0.107. The molecule has 17 nitrogen and oxygen atoms in total. The van der Waals surface area contributed by atoms with Gasteiger partial charge in [-0.3, -0.25) is 38.9 Å². The van der Waals surface area contributed by atoms with Crippen LogP contribution in [0.5, 0.6) is 0 Å². The predicted octanol–water partition coefficient (Wildman–Crippen LogP) is -4.01. The Morgan fingerprint density at radius 2 is 1.76 bits per heavy atom. The van der Waals surface area contributed by atoms with Crippen molar-refractivity contribution in [3.05, 3.63) is 33.1 Å². The van der Waals surface area contributed by atoms with E-state index in [1.54, 1.807) is 0 Å². The Hall–Kier alpha value is -3.64. The molecule has 2 amide bonds. The van der Waals surface area contributed by atoms with Crippen molar-refractivity contribution in [3.8, 4) is 0 Å². The van der Waals surface area contributed by atoms with Crippen molar-refractivity contribution < 1.29 is 49.4 Å². The zero-order valence-corrected chi connectivity index (χ0v) is 20.5. The van der Waals surface area contributed by atoms with Crippen LogP contribution in [0.15, 0.2) is 21.9 Å². The molecule has 17 heteroatoms. The Kier molecular flexibility index (Phi) is 10.3. The molecule has 0 aromatic carbocycles. The van der Waals surface area contributed by atoms with Gasteiger partial charge in [-0.1, -0.05) is 13.8 Å². The van der Waals surface area contributed by atoms with Crippen LogP contribution < -0.4 is 27.4 Å². The molecule has 0 spiro atoms. The third-order valence-corrected chi connectivity index (χ3v) is 6.47. The smallest absolute Gasteiger partial charge is 0.330 e. The van der Waals surface area contributed by atoms with Gasteiger partial charge in [-0.15, -0.1) is 0 Å². The van der Waals surface area contributed by atoms with Crippen molar-refractivity contribution in [1.29, 1.82) is 0 Å². The van der Waals surface area contributed by atoms with Crippen molar-refractivity contribution >= 4 is 23.8 Å². The van der Waals surface area contributed by atoms with E-state index < -0.39 is 83.5 Å². The van der Waals surface area contributed by atoms with E-state index in [0.717, 1.165) is 16.8 Å². The summed E-state index contributed by atoms with van der Waals surface area (Å²) in [6.45, 7) is 2.65. The van der Waals surface area contributed by atoms with Gasteiger partial charge in [-0.25, -0.2) is 10.2 Å². The molecule has 38 heavy (non-hydrogen) atoms. The van der Waals surface area contributed by atoms with Gasteiger partial charge in [0, 0.05) is 25.2 Å². The number of aliphatic hydroxyl groups excluding tert-OH is 3. The molecule has 1 aliphatic heterocycles. The maximum atomic E-state index is 12.3. The zero-order valence-electron chi connectivity index (χ0n) is 20.5. The molecule has 0 bridgehead atoms. The minimum Gasteiger partial charge on any atom is -0.481 e. The molecule has 1 aromatic heterocycles. The summed E-state index contributed by atoms with van der Waals surface area (Å²) in [5.41, 5.74) is 0.938. The molecule has 0 radical (unpaired) electrons. The monoisotopic (exact) mass is 545 g/mol. The SMILES string of the molecule is CCC(CC)(C(=O)O)[C@H](NNC(=O)CCNC(=O)C(O)[C@H]1O[C@@H](n2ccc(=O)[nH]c2=O)[C@H](O)[C@@H]1O)C(=O)O. The molecule has 2 rings (SSSR count). The number of carbonyl (C=O) groups is 4. The summed E-state index contributed by atoms with van der Waals surface area (Å²) in [6, 6.07) is -0.684. The second kappa shape index (κ2) is 12.7. The highest BCUT2D eigenvalue weighted by Crippen LogP contribution is 2.31. The number of aliphatic carboxylic acids is 2. The van der Waals surface area contributed by atoms with E-state index in [2.05, 4.69) is 16.2 Å². The highest BCUT2D eigenvalue weighted by molar-refractivity contribution is 5.86. The van der Waals surface area contributed by atoms with Crippen molar-refractivity contribution in [2.75, 3.05) is 6.54 Å². The van der Waals surface area contributed by atoms with Crippen LogP contribution in [0.1, 0.15) is 39.3 Å². The molecule has 1 fully saturated rings. The number of nitrogens with zero attached hydrogens (tertiary/aromatic N) is 1. The van der Waals surface area contributed by atoms with Crippen LogP contribution in [0.4, 0.5) is 0 Å². The van der Waals surface area contributed by atoms with Gasteiger partial charge < -0.3 is 35.6 Å². The van der Waals surface area contributed by atoms with E-state index in [0.29, 0.717) is 0 Å². The van der Waals surface area contributed by atoms with E-state index in [-0.39, 0.29) is 19.4 Å². The van der Waals surface area contributed by atoms with Gasteiger partial charge in [-0.2, -0.15) is 0 Å². The summed E-state index contributed by atoms with van der Waals surface area (Å²) >= 11 is 0. The first-order chi connectivity index (χ1) is 17.8. The fourth-order valence-corrected chi connectivity index (χ4v) is 4.09. The highest BCUT2D eigenvalue weighted by atomic mass is 16.6. The summed E-state index contributed by atoms with van der Waals surface area (Å²) in [6.07, 6.45) is -8.26. The Morgan fingerprint density at radius 1 is 1.13 bits per heavy atom. The van der Waals surface area contributed by atoms with Gasteiger partial charge in [0.2, 0.25) is 5.91 Å². The second-order valence-electron chi connectivity index (χ2n) is 8.61. The number of nitrogens with one attached hydrogen (secondary N) is 4. The van der Waals surface area contributed by atoms with Crippen LogP contribution in [0.25, 0.3) is 0 Å². The summed E-state index contributed by atoms with van der Waals surface area (Å²) < 4.78 is 6.06. The van der Waals surface area contributed by atoms with Gasteiger partial charge in [0.1, 0.15) is 24.4 Å². The molecule has 212 valence electrons. The molecule has 9 N–H and O–H groups in total. The summed E-state index contributed by atoms with van der Waals surface area (Å²) in [4.78, 5) is 72.9. The number of H-pyrrole nitrogens is 1. The van der Waals surface area contributed by atoms with E-state index in [4.69, 9.17) is 4.74 Å². The third-order valence-electron chi connectivity index (χ3n) is 6.47. The lowest BCUT2D eigenvalue weighted by molar-refractivity contribution is -0.160. The van der Waals surface area contributed by atoms with Gasteiger partial charge in [0.05, 0.1) is 5.41 Å².